The average Bonchev–Trinajstić information content (AvgIpc) is 2.57. The Morgan fingerprint density at radius 3 is 2.20 bits per heavy atom. The van der Waals surface area contributed by atoms with Crippen LogP contribution in [0.25, 0.3) is 0 Å². The van der Waals surface area contributed by atoms with Crippen molar-refractivity contribution in [2.75, 3.05) is 19.8 Å². The maximum absolute atomic E-state index is 10.7. The minimum atomic E-state index is -0.647. The Balaban J connectivity index is 2.17. The first-order chi connectivity index (χ1) is 7.22. The van der Waals surface area contributed by atoms with E-state index in [1.54, 1.807) is 0 Å². The Hall–Kier alpha value is -0.120. The summed E-state index contributed by atoms with van der Waals surface area (Å²) >= 11 is 0. The van der Waals surface area contributed by atoms with Crippen LogP contribution in [0.5, 0.6) is 0 Å². The summed E-state index contributed by atoms with van der Waals surface area (Å²) in [5.74, 6) is 0. The zero-order valence-electron chi connectivity index (χ0n) is 9.50. The third kappa shape index (κ3) is 1.93. The third-order valence-electron chi connectivity index (χ3n) is 4.44. The summed E-state index contributed by atoms with van der Waals surface area (Å²) in [6, 6.07) is 0. The van der Waals surface area contributed by atoms with Gasteiger partial charge in [0.1, 0.15) is 0 Å². The van der Waals surface area contributed by atoms with Crippen LogP contribution in [0.4, 0.5) is 0 Å². The second-order valence-corrected chi connectivity index (χ2v) is 5.23. The molecule has 15 heavy (non-hydrogen) atoms. The largest absolute Gasteiger partial charge is 0.387 e. The first kappa shape index (κ1) is 11.4. The predicted octanol–water partition coefficient (Wildman–Crippen LogP) is 1.44. The summed E-state index contributed by atoms with van der Waals surface area (Å²) < 4.78 is 5.38. The van der Waals surface area contributed by atoms with Crippen molar-refractivity contribution in [2.24, 2.45) is 11.1 Å². The van der Waals surface area contributed by atoms with Crippen molar-refractivity contribution >= 4 is 0 Å². The van der Waals surface area contributed by atoms with E-state index in [0.717, 1.165) is 19.3 Å². The number of hydrogen-bond donors (Lipinski definition) is 2. The summed E-state index contributed by atoms with van der Waals surface area (Å²) in [6.45, 7) is 1.79. The van der Waals surface area contributed by atoms with Crippen molar-refractivity contribution in [1.29, 1.82) is 0 Å². The lowest BCUT2D eigenvalue weighted by Gasteiger charge is -2.43. The highest BCUT2D eigenvalue weighted by atomic mass is 16.5. The summed E-state index contributed by atoms with van der Waals surface area (Å²) in [5.41, 5.74) is 5.24. The molecule has 0 aromatic carbocycles. The van der Waals surface area contributed by atoms with Gasteiger partial charge < -0.3 is 15.6 Å². The van der Waals surface area contributed by atoms with E-state index in [4.69, 9.17) is 10.5 Å². The molecule has 88 valence electrons. The highest BCUT2D eigenvalue weighted by molar-refractivity contribution is 5.02. The van der Waals surface area contributed by atoms with Crippen LogP contribution >= 0.6 is 0 Å². The molecule has 1 saturated carbocycles. The van der Waals surface area contributed by atoms with E-state index in [-0.39, 0.29) is 5.41 Å². The second kappa shape index (κ2) is 4.40. The van der Waals surface area contributed by atoms with Gasteiger partial charge in [0.15, 0.2) is 0 Å². The van der Waals surface area contributed by atoms with Crippen molar-refractivity contribution in [3.63, 3.8) is 0 Å². The van der Waals surface area contributed by atoms with E-state index in [1.165, 1.54) is 25.7 Å². The summed E-state index contributed by atoms with van der Waals surface area (Å²) in [6.07, 6.45) is 7.91. The molecule has 0 spiro atoms. The molecule has 2 aliphatic rings. The normalized spacial score (nSPS) is 36.4. The van der Waals surface area contributed by atoms with Gasteiger partial charge in [0.25, 0.3) is 0 Å². The third-order valence-corrected chi connectivity index (χ3v) is 4.44. The molecule has 2 rings (SSSR count). The van der Waals surface area contributed by atoms with Crippen molar-refractivity contribution in [1.82, 2.24) is 0 Å². The fourth-order valence-electron chi connectivity index (χ4n) is 3.24. The number of nitrogens with two attached hydrogens (primary N) is 1. The van der Waals surface area contributed by atoms with Crippen molar-refractivity contribution < 1.29 is 9.84 Å². The average molecular weight is 213 g/mol. The van der Waals surface area contributed by atoms with Crippen LogP contribution < -0.4 is 5.73 Å². The van der Waals surface area contributed by atoms with Gasteiger partial charge in [0, 0.05) is 25.0 Å². The van der Waals surface area contributed by atoms with Crippen LogP contribution in [0.15, 0.2) is 0 Å². The van der Waals surface area contributed by atoms with Gasteiger partial charge in [-0.1, -0.05) is 25.7 Å². The van der Waals surface area contributed by atoms with Gasteiger partial charge in [-0.2, -0.15) is 0 Å². The first-order valence-corrected chi connectivity index (χ1v) is 6.23. The lowest BCUT2D eigenvalue weighted by molar-refractivity contribution is -0.0906. The zero-order valence-corrected chi connectivity index (χ0v) is 9.50. The molecule has 0 radical (unpaired) electrons. The van der Waals surface area contributed by atoms with Crippen LogP contribution in [-0.4, -0.2) is 30.5 Å². The molecule has 1 saturated heterocycles. The second-order valence-electron chi connectivity index (χ2n) is 5.23. The first-order valence-electron chi connectivity index (χ1n) is 6.23. The Morgan fingerprint density at radius 1 is 1.07 bits per heavy atom. The fraction of sp³-hybridized carbons (Fsp3) is 1.00. The molecule has 0 amide bonds. The topological polar surface area (TPSA) is 55.5 Å². The highest BCUT2D eigenvalue weighted by Crippen LogP contribution is 2.46. The Morgan fingerprint density at radius 2 is 1.73 bits per heavy atom. The lowest BCUT2D eigenvalue weighted by Crippen LogP contribution is -2.53. The van der Waals surface area contributed by atoms with E-state index < -0.39 is 5.60 Å². The molecule has 3 N–H and O–H groups in total. The Labute approximate surface area is 92.0 Å². The molecule has 0 aromatic rings. The minimum absolute atomic E-state index is 0.0694. The molecule has 1 atom stereocenters. The zero-order chi connectivity index (χ0) is 10.8. The molecule has 2 fully saturated rings. The summed E-state index contributed by atoms with van der Waals surface area (Å²) in [7, 11) is 0. The van der Waals surface area contributed by atoms with E-state index in [9.17, 15) is 5.11 Å². The number of ether oxygens (including phenoxy) is 1. The van der Waals surface area contributed by atoms with Crippen molar-refractivity contribution in [3.05, 3.63) is 0 Å². The SMILES string of the molecule is NCC1(C2(O)CCOC2)CCCCCC1. The quantitative estimate of drug-likeness (QED) is 0.682. The van der Waals surface area contributed by atoms with Gasteiger partial charge in [-0.3, -0.25) is 0 Å². The monoisotopic (exact) mass is 213 g/mol. The van der Waals surface area contributed by atoms with E-state index in [2.05, 4.69) is 0 Å². The molecule has 0 aromatic heterocycles. The van der Waals surface area contributed by atoms with Crippen LogP contribution in [0, 0.1) is 5.41 Å². The summed E-state index contributed by atoms with van der Waals surface area (Å²) in [5, 5.41) is 10.7. The molecule has 1 unspecified atom stereocenters. The molecule has 1 aliphatic carbocycles. The molecule has 0 bridgehead atoms. The molecule has 1 aliphatic heterocycles. The van der Waals surface area contributed by atoms with Gasteiger partial charge in [-0.25, -0.2) is 0 Å². The van der Waals surface area contributed by atoms with Gasteiger partial charge in [-0.15, -0.1) is 0 Å². The van der Waals surface area contributed by atoms with Crippen molar-refractivity contribution in [2.45, 2.75) is 50.5 Å². The fourth-order valence-corrected chi connectivity index (χ4v) is 3.24. The molecule has 1 heterocycles. The van der Waals surface area contributed by atoms with Crippen LogP contribution in [0.2, 0.25) is 0 Å². The summed E-state index contributed by atoms with van der Waals surface area (Å²) in [4.78, 5) is 0. The highest BCUT2D eigenvalue weighted by Gasteiger charge is 2.51. The van der Waals surface area contributed by atoms with Crippen LogP contribution in [0.1, 0.15) is 44.9 Å². The number of aliphatic hydroxyl groups is 1. The van der Waals surface area contributed by atoms with Crippen LogP contribution in [0.3, 0.4) is 0 Å². The Kier molecular flexibility index (Phi) is 3.33. The number of hydrogen-bond acceptors (Lipinski definition) is 3. The van der Waals surface area contributed by atoms with Crippen LogP contribution in [-0.2, 0) is 4.74 Å². The maximum atomic E-state index is 10.7. The smallest absolute Gasteiger partial charge is 0.0969 e. The van der Waals surface area contributed by atoms with E-state index in [0.29, 0.717) is 19.8 Å². The molecular weight excluding hydrogens is 190 g/mol. The Bertz CT molecular complexity index is 204. The molecule has 3 heteroatoms. The number of rotatable bonds is 2. The lowest BCUT2D eigenvalue weighted by atomic mass is 9.66. The molecule has 3 nitrogen and oxygen atoms in total. The van der Waals surface area contributed by atoms with Crippen molar-refractivity contribution in [3.8, 4) is 0 Å². The predicted molar refractivity (Wildman–Crippen MR) is 59.6 cm³/mol. The van der Waals surface area contributed by atoms with E-state index in [1.807, 2.05) is 0 Å². The van der Waals surface area contributed by atoms with Gasteiger partial charge >= 0.3 is 0 Å². The maximum Gasteiger partial charge on any atom is 0.0969 e. The molecular formula is C12H23NO2. The van der Waals surface area contributed by atoms with E-state index >= 15 is 0 Å². The van der Waals surface area contributed by atoms with Gasteiger partial charge in [0.2, 0.25) is 0 Å². The standard InChI is InChI=1S/C12H23NO2/c13-9-11(5-3-1-2-4-6-11)12(14)7-8-15-10-12/h14H,1-10,13H2. The van der Waals surface area contributed by atoms with Gasteiger partial charge in [-0.05, 0) is 12.8 Å². The minimum Gasteiger partial charge on any atom is -0.387 e. The van der Waals surface area contributed by atoms with Gasteiger partial charge in [0.05, 0.1) is 12.2 Å².